The van der Waals surface area contributed by atoms with Crippen LogP contribution in [0.5, 0.6) is 0 Å². The molecule has 2 nitrogen and oxygen atoms in total. The van der Waals surface area contributed by atoms with E-state index < -0.39 is 0 Å². The lowest BCUT2D eigenvalue weighted by Crippen LogP contribution is -2.03. The van der Waals surface area contributed by atoms with E-state index in [4.69, 9.17) is 0 Å². The molecule has 0 unspecified atom stereocenters. The van der Waals surface area contributed by atoms with Gasteiger partial charge in [-0.1, -0.05) is 19.9 Å². The van der Waals surface area contributed by atoms with E-state index in [9.17, 15) is 4.39 Å². The molecule has 1 aliphatic carbocycles. The summed E-state index contributed by atoms with van der Waals surface area (Å²) in [5, 5.41) is 6.34. The molecule has 1 N–H and O–H groups in total. The quantitative estimate of drug-likeness (QED) is 0.706. The fourth-order valence-electron chi connectivity index (χ4n) is 1.83. The van der Waals surface area contributed by atoms with Crippen LogP contribution >= 0.6 is 0 Å². The number of fused-ring (bicyclic) bond motifs is 1. The largest absolute Gasteiger partial charge is 0.279 e. The van der Waals surface area contributed by atoms with Crippen molar-refractivity contribution in [3.05, 3.63) is 23.3 Å². The molecule has 13 heavy (non-hydrogen) atoms. The van der Waals surface area contributed by atoms with Crippen LogP contribution in [0.25, 0.3) is 5.57 Å². The highest BCUT2D eigenvalue weighted by atomic mass is 19.1. The van der Waals surface area contributed by atoms with Crippen LogP contribution in [0.2, 0.25) is 0 Å². The maximum Gasteiger partial charge on any atom is 0.240 e. The Balaban J connectivity index is 2.51. The Morgan fingerprint density at radius 2 is 2.31 bits per heavy atom. The predicted octanol–water partition coefficient (Wildman–Crippen LogP) is 2.53. The zero-order chi connectivity index (χ0) is 9.42. The fourth-order valence-corrected chi connectivity index (χ4v) is 1.83. The second-order valence-corrected chi connectivity index (χ2v) is 3.72. The molecule has 0 aromatic carbocycles. The third-order valence-corrected chi connectivity index (χ3v) is 2.47. The number of allylic oxidation sites excluding steroid dienone is 2. The smallest absolute Gasteiger partial charge is 0.240 e. The van der Waals surface area contributed by atoms with Gasteiger partial charge in [0.2, 0.25) is 5.95 Å². The third kappa shape index (κ3) is 1.28. The van der Waals surface area contributed by atoms with Crippen molar-refractivity contribution in [2.24, 2.45) is 5.92 Å². The maximum atomic E-state index is 13.3. The van der Waals surface area contributed by atoms with Gasteiger partial charge in [0.15, 0.2) is 0 Å². The van der Waals surface area contributed by atoms with Crippen molar-refractivity contribution in [1.82, 2.24) is 10.2 Å². The molecule has 1 heterocycles. The first kappa shape index (κ1) is 8.48. The van der Waals surface area contributed by atoms with Gasteiger partial charge in [0.1, 0.15) is 0 Å². The highest BCUT2D eigenvalue weighted by Crippen LogP contribution is 2.31. The third-order valence-electron chi connectivity index (χ3n) is 2.47. The number of aromatic nitrogens is 2. The van der Waals surface area contributed by atoms with Crippen molar-refractivity contribution in [3.8, 4) is 0 Å². The maximum absolute atomic E-state index is 13.3. The van der Waals surface area contributed by atoms with Gasteiger partial charge >= 0.3 is 0 Å². The number of aryl methyl sites for hydroxylation is 1. The predicted molar refractivity (Wildman–Crippen MR) is 49.7 cm³/mol. The number of nitrogens with one attached hydrogen (secondary N) is 1. The Morgan fingerprint density at radius 3 is 3.00 bits per heavy atom. The summed E-state index contributed by atoms with van der Waals surface area (Å²) in [7, 11) is 0. The van der Waals surface area contributed by atoms with Gasteiger partial charge in [0, 0.05) is 5.69 Å². The molecule has 1 aliphatic rings. The molecule has 0 saturated carbocycles. The van der Waals surface area contributed by atoms with Crippen molar-refractivity contribution >= 4 is 5.57 Å². The Kier molecular flexibility index (Phi) is 1.94. The molecule has 0 radical (unpaired) electrons. The number of H-pyrrole nitrogens is 1. The first-order valence-corrected chi connectivity index (χ1v) is 4.63. The molecule has 0 aliphatic heterocycles. The molecule has 0 spiro atoms. The molecule has 70 valence electrons. The second-order valence-electron chi connectivity index (χ2n) is 3.72. The molecule has 0 saturated heterocycles. The van der Waals surface area contributed by atoms with Crippen LogP contribution in [0.1, 0.15) is 31.5 Å². The summed E-state index contributed by atoms with van der Waals surface area (Å²) in [6.45, 7) is 4.15. The van der Waals surface area contributed by atoms with Crippen molar-refractivity contribution in [3.63, 3.8) is 0 Å². The van der Waals surface area contributed by atoms with E-state index in [1.165, 1.54) is 0 Å². The molecule has 0 amide bonds. The molecule has 0 bridgehead atoms. The van der Waals surface area contributed by atoms with E-state index in [0.29, 0.717) is 11.5 Å². The summed E-state index contributed by atoms with van der Waals surface area (Å²) < 4.78 is 13.3. The van der Waals surface area contributed by atoms with Crippen LogP contribution < -0.4 is 0 Å². The van der Waals surface area contributed by atoms with E-state index >= 15 is 0 Å². The molecule has 0 fully saturated rings. The minimum Gasteiger partial charge on any atom is -0.279 e. The number of halogens is 1. The Hall–Kier alpha value is -1.12. The van der Waals surface area contributed by atoms with Crippen LogP contribution in [0.4, 0.5) is 4.39 Å². The minimum absolute atomic E-state index is 0.352. The SMILES string of the molecule is CC(C)C1=CCCc2[nH]nc(F)c21. The monoisotopic (exact) mass is 180 g/mol. The standard InChI is InChI=1S/C10H13FN2/c1-6(2)7-4-3-5-8-9(7)10(11)13-12-8/h4,6H,3,5H2,1-2H3,(H,12,13). The molecule has 1 aromatic heterocycles. The van der Waals surface area contributed by atoms with Gasteiger partial charge in [0.05, 0.1) is 5.56 Å². The van der Waals surface area contributed by atoms with E-state index in [2.05, 4.69) is 30.1 Å². The number of rotatable bonds is 1. The van der Waals surface area contributed by atoms with Crippen molar-refractivity contribution in [1.29, 1.82) is 0 Å². The number of hydrogen-bond donors (Lipinski definition) is 1. The molecule has 0 atom stereocenters. The minimum atomic E-state index is -0.352. The Labute approximate surface area is 76.9 Å². The summed E-state index contributed by atoms with van der Waals surface area (Å²) in [4.78, 5) is 0. The average molecular weight is 180 g/mol. The van der Waals surface area contributed by atoms with Gasteiger partial charge in [-0.25, -0.2) is 0 Å². The number of aromatic amines is 1. The van der Waals surface area contributed by atoms with Crippen molar-refractivity contribution < 1.29 is 4.39 Å². The molecular weight excluding hydrogens is 167 g/mol. The van der Waals surface area contributed by atoms with Gasteiger partial charge in [-0.15, -0.1) is 5.10 Å². The van der Waals surface area contributed by atoms with E-state index in [-0.39, 0.29) is 5.95 Å². The highest BCUT2D eigenvalue weighted by molar-refractivity contribution is 5.70. The molecular formula is C10H13FN2. The van der Waals surface area contributed by atoms with Crippen LogP contribution in [0, 0.1) is 11.9 Å². The van der Waals surface area contributed by atoms with Gasteiger partial charge in [-0.3, -0.25) is 5.10 Å². The first-order valence-electron chi connectivity index (χ1n) is 4.63. The topological polar surface area (TPSA) is 28.7 Å². The van der Waals surface area contributed by atoms with Crippen LogP contribution in [0.15, 0.2) is 6.08 Å². The molecule has 3 heteroatoms. The van der Waals surface area contributed by atoms with Crippen LogP contribution in [0.3, 0.4) is 0 Å². The zero-order valence-electron chi connectivity index (χ0n) is 7.89. The van der Waals surface area contributed by atoms with Crippen molar-refractivity contribution in [2.45, 2.75) is 26.7 Å². The van der Waals surface area contributed by atoms with Gasteiger partial charge in [0.25, 0.3) is 0 Å². The van der Waals surface area contributed by atoms with Gasteiger partial charge in [-0.2, -0.15) is 4.39 Å². The summed E-state index contributed by atoms with van der Waals surface area (Å²) in [5.41, 5.74) is 2.75. The average Bonchev–Trinajstić information content (AvgIpc) is 2.48. The fraction of sp³-hybridized carbons (Fsp3) is 0.500. The summed E-state index contributed by atoms with van der Waals surface area (Å²) >= 11 is 0. The Bertz CT molecular complexity index is 350. The summed E-state index contributed by atoms with van der Waals surface area (Å²) in [5.74, 6) is 0.0146. The van der Waals surface area contributed by atoms with E-state index in [0.717, 1.165) is 24.1 Å². The number of nitrogens with zero attached hydrogens (tertiary/aromatic N) is 1. The molecule has 1 aromatic rings. The van der Waals surface area contributed by atoms with E-state index in [1.54, 1.807) is 0 Å². The normalized spacial score (nSPS) is 15.8. The van der Waals surface area contributed by atoms with E-state index in [1.807, 2.05) is 0 Å². The highest BCUT2D eigenvalue weighted by Gasteiger charge is 2.21. The number of hydrogen-bond acceptors (Lipinski definition) is 1. The second kappa shape index (κ2) is 2.98. The van der Waals surface area contributed by atoms with Gasteiger partial charge in [-0.05, 0) is 24.3 Å². The summed E-state index contributed by atoms with van der Waals surface area (Å²) in [6.07, 6.45) is 3.98. The van der Waals surface area contributed by atoms with Gasteiger partial charge < -0.3 is 0 Å². The lowest BCUT2D eigenvalue weighted by Gasteiger charge is -2.15. The molecule has 2 rings (SSSR count). The lowest BCUT2D eigenvalue weighted by molar-refractivity contribution is 0.574. The first-order chi connectivity index (χ1) is 6.20. The zero-order valence-corrected chi connectivity index (χ0v) is 7.89. The van der Waals surface area contributed by atoms with Crippen molar-refractivity contribution in [2.75, 3.05) is 0 Å². The van der Waals surface area contributed by atoms with Crippen LogP contribution in [-0.4, -0.2) is 10.2 Å². The van der Waals surface area contributed by atoms with Crippen LogP contribution in [-0.2, 0) is 6.42 Å². The summed E-state index contributed by atoms with van der Waals surface area (Å²) in [6, 6.07) is 0. The Morgan fingerprint density at radius 1 is 1.54 bits per heavy atom. The lowest BCUT2D eigenvalue weighted by atomic mass is 9.89.